The van der Waals surface area contributed by atoms with Gasteiger partial charge in [-0.3, -0.25) is 14.3 Å². The van der Waals surface area contributed by atoms with Gasteiger partial charge >= 0.3 is 6.18 Å². The lowest BCUT2D eigenvalue weighted by molar-refractivity contribution is -0.137. The van der Waals surface area contributed by atoms with Crippen LogP contribution in [-0.4, -0.2) is 63.2 Å². The van der Waals surface area contributed by atoms with Crippen molar-refractivity contribution in [2.24, 2.45) is 7.05 Å². The molecule has 0 spiro atoms. The van der Waals surface area contributed by atoms with Crippen molar-refractivity contribution in [3.63, 3.8) is 0 Å². The molecule has 3 heterocycles. The number of nitrogens with zero attached hydrogens (tertiary/aromatic N) is 5. The van der Waals surface area contributed by atoms with Crippen molar-refractivity contribution in [2.75, 3.05) is 32.7 Å². The van der Waals surface area contributed by atoms with Gasteiger partial charge in [0.1, 0.15) is 10.8 Å². The van der Waals surface area contributed by atoms with Gasteiger partial charge in [-0.2, -0.15) is 18.3 Å². The van der Waals surface area contributed by atoms with E-state index in [0.717, 1.165) is 79.7 Å². The Balaban J connectivity index is 1.22. The van der Waals surface area contributed by atoms with E-state index in [1.54, 1.807) is 41.2 Å². The van der Waals surface area contributed by atoms with Gasteiger partial charge in [0.2, 0.25) is 5.91 Å². The summed E-state index contributed by atoms with van der Waals surface area (Å²) in [5, 5.41) is 4.69. The van der Waals surface area contributed by atoms with Crippen LogP contribution in [0, 0.1) is 5.82 Å². The molecule has 1 atom stereocenters. The first-order valence-electron chi connectivity index (χ1n) is 18.2. The molecule has 0 saturated carbocycles. The second-order valence-electron chi connectivity index (χ2n) is 14.1. The third kappa shape index (κ3) is 10.9. The standard InChI is InChI=1S/C41H45F4N5O2S/c1-48-26-31(25-46-48)23-34-11-12-35(40(47-39(34)52)53-28-30-7-17-37(42)18-8-30)24-38(51)50(22-21-49-19-3-2-4-20-49)27-29-5-9-32(10-6-29)33-13-15-36(16-14-33)41(43,44)45/h5,7-8,11-18,25-26,32H,2-4,6,9-10,19-24,27-28H2,1H3. The van der Waals surface area contributed by atoms with Gasteiger partial charge in [-0.1, -0.05) is 54.5 Å². The van der Waals surface area contributed by atoms with Crippen LogP contribution < -0.4 is 5.56 Å². The second-order valence-corrected chi connectivity index (χ2v) is 15.0. The van der Waals surface area contributed by atoms with Gasteiger partial charge < -0.3 is 9.80 Å². The summed E-state index contributed by atoms with van der Waals surface area (Å²) in [4.78, 5) is 36.6. The highest BCUT2D eigenvalue weighted by Gasteiger charge is 2.30. The number of halogens is 4. The first-order valence-corrected chi connectivity index (χ1v) is 19.2. The maximum atomic E-state index is 14.3. The van der Waals surface area contributed by atoms with Gasteiger partial charge in [0, 0.05) is 50.6 Å². The van der Waals surface area contributed by atoms with Crippen molar-refractivity contribution in [1.29, 1.82) is 0 Å². The number of hydrogen-bond donors (Lipinski definition) is 0. The number of hydrogen-bond acceptors (Lipinski definition) is 6. The molecule has 1 amide bonds. The normalized spacial score (nSPS) is 16.7. The summed E-state index contributed by atoms with van der Waals surface area (Å²) in [6, 6.07) is 15.2. The van der Waals surface area contributed by atoms with E-state index in [-0.39, 0.29) is 29.6 Å². The third-order valence-corrected chi connectivity index (χ3v) is 11.2. The molecule has 12 heteroatoms. The van der Waals surface area contributed by atoms with Crippen LogP contribution in [0.25, 0.3) is 0 Å². The van der Waals surface area contributed by atoms with E-state index in [9.17, 15) is 27.2 Å². The van der Waals surface area contributed by atoms with Gasteiger partial charge in [-0.05, 0) is 97.6 Å². The SMILES string of the molecule is Cn1cc(Cc2ccc(CC(=O)N(CCN3CCCCC3)CC3=CCC(c4ccc(C(F)(F)F)cc4)CC3)c(SCc3ccc(F)cc3)nc2=O)cn1. The molecule has 280 valence electrons. The molecule has 1 saturated heterocycles. The first-order chi connectivity index (χ1) is 25.5. The van der Waals surface area contributed by atoms with Crippen molar-refractivity contribution < 1.29 is 22.4 Å². The van der Waals surface area contributed by atoms with E-state index in [1.165, 1.54) is 30.3 Å². The maximum absolute atomic E-state index is 14.3. The summed E-state index contributed by atoms with van der Waals surface area (Å²) in [6.45, 7) is 3.81. The predicted molar refractivity (Wildman–Crippen MR) is 199 cm³/mol. The summed E-state index contributed by atoms with van der Waals surface area (Å²) in [7, 11) is 1.82. The smallest absolute Gasteiger partial charge is 0.337 e. The van der Waals surface area contributed by atoms with Crippen LogP contribution in [0.5, 0.6) is 0 Å². The largest absolute Gasteiger partial charge is 0.416 e. The molecule has 0 N–H and O–H groups in total. The Morgan fingerprint density at radius 1 is 0.962 bits per heavy atom. The third-order valence-electron chi connectivity index (χ3n) is 10.1. The fraction of sp³-hybridized carbons (Fsp3) is 0.415. The molecule has 2 aliphatic rings. The Morgan fingerprint density at radius 3 is 2.36 bits per heavy atom. The van der Waals surface area contributed by atoms with E-state index >= 15 is 0 Å². The summed E-state index contributed by atoms with van der Waals surface area (Å²) in [5.41, 5.74) is 3.91. The molecule has 4 aromatic rings. The highest BCUT2D eigenvalue weighted by molar-refractivity contribution is 7.98. The molecule has 2 aromatic carbocycles. The first kappa shape index (κ1) is 38.4. The predicted octanol–water partition coefficient (Wildman–Crippen LogP) is 7.97. The summed E-state index contributed by atoms with van der Waals surface area (Å²) in [6.07, 6.45) is 7.50. The lowest BCUT2D eigenvalue weighted by Gasteiger charge is -2.32. The highest BCUT2D eigenvalue weighted by Crippen LogP contribution is 2.35. The van der Waals surface area contributed by atoms with Gasteiger partial charge in [0.05, 0.1) is 18.2 Å². The quantitative estimate of drug-likeness (QED) is 0.0786. The minimum absolute atomic E-state index is 0.0562. The van der Waals surface area contributed by atoms with Crippen molar-refractivity contribution in [3.8, 4) is 0 Å². The fourth-order valence-electron chi connectivity index (χ4n) is 7.03. The highest BCUT2D eigenvalue weighted by atomic mass is 32.2. The maximum Gasteiger partial charge on any atom is 0.416 e. The molecular weight excluding hydrogens is 703 g/mol. The van der Waals surface area contributed by atoms with E-state index in [1.807, 2.05) is 24.2 Å². The van der Waals surface area contributed by atoms with Gasteiger partial charge in [0.15, 0.2) is 0 Å². The molecule has 1 fully saturated rings. The van der Waals surface area contributed by atoms with Crippen LogP contribution in [0.4, 0.5) is 17.6 Å². The van der Waals surface area contributed by atoms with Crippen LogP contribution in [-0.2, 0) is 36.6 Å². The number of aryl methyl sites for hydroxylation is 1. The number of alkyl halides is 3. The molecule has 1 aliphatic carbocycles. The Kier molecular flexibility index (Phi) is 12.8. The van der Waals surface area contributed by atoms with Crippen molar-refractivity contribution in [1.82, 2.24) is 24.6 Å². The van der Waals surface area contributed by atoms with Gasteiger partial charge in [0.25, 0.3) is 5.56 Å². The molecular formula is C41H45F4N5O2S. The van der Waals surface area contributed by atoms with E-state index in [2.05, 4.69) is 21.1 Å². The van der Waals surface area contributed by atoms with Gasteiger partial charge in [-0.15, -0.1) is 11.8 Å². The lowest BCUT2D eigenvalue weighted by atomic mass is 9.84. The van der Waals surface area contributed by atoms with Crippen molar-refractivity contribution in [3.05, 3.63) is 134 Å². The minimum Gasteiger partial charge on any atom is -0.337 e. The number of carbonyl (C=O) groups excluding carboxylic acids is 1. The van der Waals surface area contributed by atoms with Crippen LogP contribution in [0.3, 0.4) is 0 Å². The molecule has 6 rings (SSSR count). The van der Waals surface area contributed by atoms with Crippen molar-refractivity contribution in [2.45, 2.75) is 74.2 Å². The summed E-state index contributed by atoms with van der Waals surface area (Å²) >= 11 is 1.36. The number of rotatable bonds is 13. The second kappa shape index (κ2) is 17.7. The zero-order chi connectivity index (χ0) is 37.4. The number of likely N-dealkylation sites (tertiary alicyclic amines) is 1. The van der Waals surface area contributed by atoms with E-state index in [0.29, 0.717) is 47.8 Å². The number of carbonyl (C=O) groups is 1. The average molecular weight is 748 g/mol. The topological polar surface area (TPSA) is 71.3 Å². The monoisotopic (exact) mass is 747 g/mol. The summed E-state index contributed by atoms with van der Waals surface area (Å²) in [5.74, 6) is 0.174. The van der Waals surface area contributed by atoms with Crippen LogP contribution >= 0.6 is 11.8 Å². The lowest BCUT2D eigenvalue weighted by Crippen LogP contribution is -2.42. The molecule has 7 nitrogen and oxygen atoms in total. The molecule has 2 aromatic heterocycles. The number of allylic oxidation sites excluding steroid dienone is 1. The molecule has 53 heavy (non-hydrogen) atoms. The number of thioether (sulfide) groups is 1. The Labute approximate surface area is 312 Å². The number of benzene rings is 2. The zero-order valence-corrected chi connectivity index (χ0v) is 30.8. The van der Waals surface area contributed by atoms with E-state index in [4.69, 9.17) is 0 Å². The molecule has 1 aliphatic heterocycles. The average Bonchev–Trinajstić information content (AvgIpc) is 3.51. The number of piperidine rings is 1. The molecule has 0 radical (unpaired) electrons. The Bertz CT molecular complexity index is 1940. The Hall–Kier alpha value is -4.29. The molecule has 0 bridgehead atoms. The molecule has 1 unspecified atom stereocenters. The number of amides is 1. The number of aromatic nitrogens is 3. The van der Waals surface area contributed by atoms with E-state index < -0.39 is 11.7 Å². The Morgan fingerprint density at radius 2 is 1.70 bits per heavy atom. The van der Waals surface area contributed by atoms with Crippen LogP contribution in [0.15, 0.2) is 94.5 Å². The summed E-state index contributed by atoms with van der Waals surface area (Å²) < 4.78 is 54.6. The van der Waals surface area contributed by atoms with Crippen LogP contribution in [0.2, 0.25) is 0 Å². The zero-order valence-electron chi connectivity index (χ0n) is 30.0. The minimum atomic E-state index is -4.36. The fourth-order valence-corrected chi connectivity index (χ4v) is 7.99. The van der Waals surface area contributed by atoms with Gasteiger partial charge in [-0.25, -0.2) is 9.37 Å². The van der Waals surface area contributed by atoms with Crippen LogP contribution in [0.1, 0.15) is 77.8 Å². The van der Waals surface area contributed by atoms with Crippen molar-refractivity contribution >= 4 is 17.7 Å².